The van der Waals surface area contributed by atoms with E-state index in [0.717, 1.165) is 27.8 Å². The molecule has 146 valence electrons. The van der Waals surface area contributed by atoms with Crippen molar-refractivity contribution in [3.8, 4) is 11.1 Å². The van der Waals surface area contributed by atoms with Gasteiger partial charge in [0.05, 0.1) is 18.8 Å². The van der Waals surface area contributed by atoms with E-state index in [-0.39, 0.29) is 5.97 Å². The maximum absolute atomic E-state index is 12.7. The van der Waals surface area contributed by atoms with Gasteiger partial charge in [-0.2, -0.15) is 0 Å². The van der Waals surface area contributed by atoms with Gasteiger partial charge in [-0.1, -0.05) is 78.9 Å². The zero-order chi connectivity index (χ0) is 20.0. The summed E-state index contributed by atoms with van der Waals surface area (Å²) in [6, 6.07) is 26.5. The third kappa shape index (κ3) is 2.49. The van der Waals surface area contributed by atoms with E-state index in [1.165, 1.54) is 7.11 Å². The molecule has 4 nitrogen and oxygen atoms in total. The molecule has 1 saturated heterocycles. The number of hydrogen-bond acceptors (Lipinski definition) is 4. The lowest BCUT2D eigenvalue weighted by Gasteiger charge is -2.43. The van der Waals surface area contributed by atoms with Crippen LogP contribution in [0.4, 0.5) is 0 Å². The number of aliphatic hydroxyl groups is 1. The molecular weight excluding hydrogens is 362 g/mol. The number of esters is 1. The van der Waals surface area contributed by atoms with Crippen molar-refractivity contribution in [3.05, 3.63) is 95.6 Å². The number of fused-ring (bicyclic) bond motifs is 3. The van der Waals surface area contributed by atoms with Crippen molar-refractivity contribution >= 4 is 5.97 Å². The number of β-amino-alcohol motifs (C(OH)–C–C–N with tert-alkyl or cyclic N) is 1. The van der Waals surface area contributed by atoms with Crippen molar-refractivity contribution in [1.29, 1.82) is 0 Å². The van der Waals surface area contributed by atoms with Crippen molar-refractivity contribution in [2.75, 3.05) is 13.7 Å². The van der Waals surface area contributed by atoms with E-state index in [4.69, 9.17) is 4.74 Å². The first kappa shape index (κ1) is 18.1. The molecule has 2 atom stereocenters. The summed E-state index contributed by atoms with van der Waals surface area (Å²) in [6.07, 6.45) is -0.217. The molecule has 0 saturated carbocycles. The second-order valence-corrected chi connectivity index (χ2v) is 7.75. The number of ether oxygens (including phenoxy) is 1. The minimum Gasteiger partial charge on any atom is -0.468 e. The van der Waals surface area contributed by atoms with Crippen LogP contribution < -0.4 is 0 Å². The first-order valence-electron chi connectivity index (χ1n) is 9.95. The Bertz CT molecular complexity index is 1020. The summed E-state index contributed by atoms with van der Waals surface area (Å²) in [5, 5.41) is 10.6. The van der Waals surface area contributed by atoms with Crippen molar-refractivity contribution in [2.24, 2.45) is 0 Å². The highest BCUT2D eigenvalue weighted by Gasteiger charge is 2.55. The summed E-state index contributed by atoms with van der Waals surface area (Å²) in [5.74, 6) is -0.307. The fourth-order valence-electron chi connectivity index (χ4n) is 5.22. The van der Waals surface area contributed by atoms with E-state index in [0.29, 0.717) is 13.0 Å². The Morgan fingerprint density at radius 3 is 2.07 bits per heavy atom. The lowest BCUT2D eigenvalue weighted by atomic mass is 9.78. The number of nitrogens with zero attached hydrogens (tertiary/aromatic N) is 1. The molecule has 1 aliphatic carbocycles. The van der Waals surface area contributed by atoms with E-state index >= 15 is 0 Å². The highest BCUT2D eigenvalue weighted by atomic mass is 16.5. The molecular formula is C25H23NO3. The van der Waals surface area contributed by atoms with Crippen molar-refractivity contribution in [2.45, 2.75) is 24.1 Å². The van der Waals surface area contributed by atoms with Crippen molar-refractivity contribution in [1.82, 2.24) is 4.90 Å². The Kier molecular flexibility index (Phi) is 4.26. The van der Waals surface area contributed by atoms with Crippen LogP contribution in [0.1, 0.15) is 23.1 Å². The lowest BCUT2D eigenvalue weighted by Crippen LogP contribution is -2.52. The number of benzene rings is 3. The Hall–Kier alpha value is -2.95. The summed E-state index contributed by atoms with van der Waals surface area (Å²) in [5.41, 5.74) is 5.02. The van der Waals surface area contributed by atoms with E-state index in [1.807, 2.05) is 42.5 Å². The van der Waals surface area contributed by atoms with E-state index in [9.17, 15) is 9.90 Å². The van der Waals surface area contributed by atoms with Crippen LogP contribution in [0.5, 0.6) is 0 Å². The van der Waals surface area contributed by atoms with Crippen LogP contribution in [0.2, 0.25) is 0 Å². The molecule has 2 aliphatic rings. The Labute approximate surface area is 170 Å². The lowest BCUT2D eigenvalue weighted by molar-refractivity contribution is -0.147. The Morgan fingerprint density at radius 1 is 0.931 bits per heavy atom. The van der Waals surface area contributed by atoms with E-state index in [2.05, 4.69) is 41.3 Å². The first-order valence-corrected chi connectivity index (χ1v) is 9.95. The van der Waals surface area contributed by atoms with Gasteiger partial charge in [-0.05, 0) is 27.8 Å². The van der Waals surface area contributed by atoms with Gasteiger partial charge in [-0.15, -0.1) is 0 Å². The third-order valence-corrected chi connectivity index (χ3v) is 6.30. The number of likely N-dealkylation sites (tertiary alicyclic amines) is 1. The van der Waals surface area contributed by atoms with Gasteiger partial charge in [0, 0.05) is 13.0 Å². The Balaban J connectivity index is 1.86. The molecule has 0 unspecified atom stereocenters. The minimum atomic E-state index is -0.662. The average molecular weight is 385 g/mol. The normalized spacial score (nSPS) is 22.1. The summed E-state index contributed by atoms with van der Waals surface area (Å²) in [4.78, 5) is 14.9. The molecule has 3 aromatic carbocycles. The number of rotatable bonds is 3. The fraction of sp³-hybridized carbons (Fsp3) is 0.240. The van der Waals surface area contributed by atoms with Crippen LogP contribution in [-0.4, -0.2) is 41.8 Å². The second-order valence-electron chi connectivity index (χ2n) is 7.75. The molecule has 0 bridgehead atoms. The molecule has 0 radical (unpaired) electrons. The van der Waals surface area contributed by atoms with E-state index < -0.39 is 17.7 Å². The summed E-state index contributed by atoms with van der Waals surface area (Å²) in [7, 11) is 1.41. The molecule has 1 aliphatic heterocycles. The van der Waals surface area contributed by atoms with Crippen LogP contribution in [-0.2, 0) is 15.1 Å². The monoisotopic (exact) mass is 385 g/mol. The van der Waals surface area contributed by atoms with Crippen molar-refractivity contribution < 1.29 is 14.6 Å². The largest absolute Gasteiger partial charge is 0.468 e. The van der Waals surface area contributed by atoms with Crippen molar-refractivity contribution in [3.63, 3.8) is 0 Å². The number of hydrogen-bond donors (Lipinski definition) is 1. The molecule has 0 spiro atoms. The highest BCUT2D eigenvalue weighted by molar-refractivity contribution is 5.84. The van der Waals surface area contributed by atoms with Gasteiger partial charge in [0.1, 0.15) is 6.04 Å². The average Bonchev–Trinajstić information content (AvgIpc) is 3.30. The molecule has 29 heavy (non-hydrogen) atoms. The maximum Gasteiger partial charge on any atom is 0.323 e. The first-order chi connectivity index (χ1) is 14.2. The number of carbonyl (C=O) groups is 1. The molecule has 1 N–H and O–H groups in total. The predicted molar refractivity (Wildman–Crippen MR) is 111 cm³/mol. The van der Waals surface area contributed by atoms with Gasteiger partial charge in [0.15, 0.2) is 0 Å². The fourth-order valence-corrected chi connectivity index (χ4v) is 5.22. The second kappa shape index (κ2) is 6.83. The highest BCUT2D eigenvalue weighted by Crippen LogP contribution is 2.55. The zero-order valence-electron chi connectivity index (χ0n) is 16.3. The molecule has 1 fully saturated rings. The van der Waals surface area contributed by atoms with Gasteiger partial charge in [0.25, 0.3) is 0 Å². The number of aliphatic hydroxyl groups excluding tert-OH is 1. The molecule has 3 aromatic rings. The predicted octanol–water partition coefficient (Wildman–Crippen LogP) is 3.57. The van der Waals surface area contributed by atoms with Gasteiger partial charge in [0.2, 0.25) is 0 Å². The van der Waals surface area contributed by atoms with E-state index in [1.54, 1.807) is 0 Å². The molecule has 5 rings (SSSR count). The molecule has 4 heteroatoms. The number of methoxy groups -OCH3 is 1. The standard InChI is InChI=1S/C25H23NO3/c1-29-24(28)23-15-18(27)16-26(23)25(17-9-3-2-4-10-17)21-13-7-5-11-19(21)20-12-6-8-14-22(20)25/h2-14,18,23,27H,15-16H2,1H3/t18-,23-/m1/s1. The SMILES string of the molecule is COC(=O)[C@H]1C[C@@H](O)CN1C1(c2ccccc2)c2ccccc2-c2ccccc21. The molecule has 0 amide bonds. The van der Waals surface area contributed by atoms with Gasteiger partial charge < -0.3 is 9.84 Å². The number of carbonyl (C=O) groups excluding carboxylic acids is 1. The van der Waals surface area contributed by atoms with Gasteiger partial charge in [-0.25, -0.2) is 0 Å². The zero-order valence-corrected chi connectivity index (χ0v) is 16.3. The van der Waals surface area contributed by atoms with Crippen LogP contribution >= 0.6 is 0 Å². The van der Waals surface area contributed by atoms with Crippen LogP contribution in [0.3, 0.4) is 0 Å². The summed E-state index contributed by atoms with van der Waals surface area (Å²) >= 11 is 0. The van der Waals surface area contributed by atoms with Gasteiger partial charge >= 0.3 is 5.97 Å². The van der Waals surface area contributed by atoms with Crippen LogP contribution in [0.15, 0.2) is 78.9 Å². The van der Waals surface area contributed by atoms with Gasteiger partial charge in [-0.3, -0.25) is 9.69 Å². The maximum atomic E-state index is 12.7. The quantitative estimate of drug-likeness (QED) is 0.701. The smallest absolute Gasteiger partial charge is 0.323 e. The van der Waals surface area contributed by atoms with Crippen LogP contribution in [0, 0.1) is 0 Å². The molecule has 0 aromatic heterocycles. The molecule has 1 heterocycles. The Morgan fingerprint density at radius 2 is 1.48 bits per heavy atom. The third-order valence-electron chi connectivity index (χ3n) is 6.30. The topological polar surface area (TPSA) is 49.8 Å². The minimum absolute atomic E-state index is 0.307. The summed E-state index contributed by atoms with van der Waals surface area (Å²) < 4.78 is 5.14. The summed E-state index contributed by atoms with van der Waals surface area (Å²) in [6.45, 7) is 0.400. The van der Waals surface area contributed by atoms with Crippen LogP contribution in [0.25, 0.3) is 11.1 Å².